The fourth-order valence-electron chi connectivity index (χ4n) is 2.55. The first-order valence-electron chi connectivity index (χ1n) is 7.25. The van der Waals surface area contributed by atoms with Gasteiger partial charge in [-0.1, -0.05) is 18.2 Å². The van der Waals surface area contributed by atoms with Crippen LogP contribution >= 0.6 is 23.6 Å². The molecule has 1 aliphatic rings. The van der Waals surface area contributed by atoms with Crippen LogP contribution in [0.25, 0.3) is 0 Å². The van der Waals surface area contributed by atoms with E-state index in [1.54, 1.807) is 11.3 Å². The third kappa shape index (κ3) is 3.45. The van der Waals surface area contributed by atoms with Crippen LogP contribution < -0.4 is 16.2 Å². The predicted octanol–water partition coefficient (Wildman–Crippen LogP) is 3.26. The van der Waals surface area contributed by atoms with Gasteiger partial charge in [-0.3, -0.25) is 15.6 Å². The number of rotatable bonds is 2. The van der Waals surface area contributed by atoms with Crippen LogP contribution in [0.5, 0.6) is 0 Å². The second kappa shape index (κ2) is 6.89. The van der Waals surface area contributed by atoms with Crippen molar-refractivity contribution in [1.29, 1.82) is 0 Å². The second-order valence-electron chi connectivity index (χ2n) is 5.16. The summed E-state index contributed by atoms with van der Waals surface area (Å²) in [6.45, 7) is 0. The summed E-state index contributed by atoms with van der Waals surface area (Å²) < 4.78 is 0. The highest BCUT2D eigenvalue weighted by Crippen LogP contribution is 2.29. The number of thiophene rings is 1. The summed E-state index contributed by atoms with van der Waals surface area (Å²) in [7, 11) is 0. The average molecular weight is 331 g/mol. The van der Waals surface area contributed by atoms with Gasteiger partial charge in [0.1, 0.15) is 0 Å². The van der Waals surface area contributed by atoms with Crippen LogP contribution in [0.1, 0.15) is 33.6 Å². The maximum absolute atomic E-state index is 12.3. The Morgan fingerprint density at radius 3 is 2.68 bits per heavy atom. The van der Waals surface area contributed by atoms with Gasteiger partial charge in [-0.05, 0) is 55.6 Å². The number of hydrazine groups is 1. The molecule has 0 saturated carbocycles. The van der Waals surface area contributed by atoms with Gasteiger partial charge in [0.15, 0.2) is 5.11 Å². The van der Waals surface area contributed by atoms with Gasteiger partial charge >= 0.3 is 0 Å². The molecule has 1 aromatic carbocycles. The molecule has 1 heterocycles. The number of fused-ring (bicyclic) bond motifs is 1. The molecule has 0 atom stereocenters. The minimum Gasteiger partial charge on any atom is -0.331 e. The van der Waals surface area contributed by atoms with Crippen molar-refractivity contribution < 1.29 is 4.79 Å². The molecule has 2 aromatic rings. The lowest BCUT2D eigenvalue weighted by Crippen LogP contribution is -2.43. The SMILES string of the molecule is O=C(NNC(=S)Nc1ccccc1)c1csc2c1CCCC2. The maximum atomic E-state index is 12.3. The van der Waals surface area contributed by atoms with Gasteiger partial charge < -0.3 is 5.32 Å². The van der Waals surface area contributed by atoms with Crippen LogP contribution in [-0.2, 0) is 12.8 Å². The fraction of sp³-hybridized carbons (Fsp3) is 0.250. The maximum Gasteiger partial charge on any atom is 0.270 e. The Labute approximate surface area is 138 Å². The van der Waals surface area contributed by atoms with Crippen LogP contribution in [0.15, 0.2) is 35.7 Å². The monoisotopic (exact) mass is 331 g/mol. The van der Waals surface area contributed by atoms with Crippen molar-refractivity contribution >= 4 is 40.3 Å². The highest BCUT2D eigenvalue weighted by atomic mass is 32.1. The zero-order valence-electron chi connectivity index (χ0n) is 12.0. The largest absolute Gasteiger partial charge is 0.331 e. The highest BCUT2D eigenvalue weighted by molar-refractivity contribution is 7.80. The van der Waals surface area contributed by atoms with Crippen molar-refractivity contribution in [1.82, 2.24) is 10.9 Å². The first kappa shape index (κ1) is 15.0. The molecular weight excluding hydrogens is 314 g/mol. The molecule has 1 amide bonds. The topological polar surface area (TPSA) is 53.2 Å². The smallest absolute Gasteiger partial charge is 0.270 e. The molecule has 0 fully saturated rings. The lowest BCUT2D eigenvalue weighted by molar-refractivity contribution is 0.0943. The number of thiocarbonyl (C=S) groups is 1. The lowest BCUT2D eigenvalue weighted by atomic mass is 9.96. The molecule has 22 heavy (non-hydrogen) atoms. The number of carbonyl (C=O) groups excluding carboxylic acids is 1. The molecule has 4 nitrogen and oxygen atoms in total. The number of nitrogens with one attached hydrogen (secondary N) is 3. The van der Waals surface area contributed by atoms with Crippen molar-refractivity contribution in [3.8, 4) is 0 Å². The van der Waals surface area contributed by atoms with E-state index in [2.05, 4.69) is 16.2 Å². The van der Waals surface area contributed by atoms with Gasteiger partial charge in [0.25, 0.3) is 5.91 Å². The summed E-state index contributed by atoms with van der Waals surface area (Å²) in [6, 6.07) is 9.58. The molecule has 0 aliphatic heterocycles. The van der Waals surface area contributed by atoms with Crippen LogP contribution in [0.4, 0.5) is 5.69 Å². The van der Waals surface area contributed by atoms with E-state index in [0.717, 1.165) is 30.5 Å². The van der Waals surface area contributed by atoms with E-state index in [4.69, 9.17) is 12.2 Å². The summed E-state index contributed by atoms with van der Waals surface area (Å²) in [6.07, 6.45) is 4.46. The summed E-state index contributed by atoms with van der Waals surface area (Å²) in [5.74, 6) is -0.128. The van der Waals surface area contributed by atoms with Gasteiger partial charge in [-0.15, -0.1) is 11.3 Å². The van der Waals surface area contributed by atoms with Crippen molar-refractivity contribution in [3.05, 3.63) is 51.7 Å². The third-order valence-electron chi connectivity index (χ3n) is 3.63. The molecular formula is C16H17N3OS2. The second-order valence-corrected chi connectivity index (χ2v) is 6.53. The molecule has 0 bridgehead atoms. The van der Waals surface area contributed by atoms with Crippen molar-refractivity contribution in [3.63, 3.8) is 0 Å². The van der Waals surface area contributed by atoms with Gasteiger partial charge in [0, 0.05) is 15.9 Å². The zero-order valence-corrected chi connectivity index (χ0v) is 13.7. The van der Waals surface area contributed by atoms with E-state index in [9.17, 15) is 4.79 Å². The first-order chi connectivity index (χ1) is 10.7. The van der Waals surface area contributed by atoms with Crippen LogP contribution in [0, 0.1) is 0 Å². The van der Waals surface area contributed by atoms with E-state index in [-0.39, 0.29) is 5.91 Å². The molecule has 6 heteroatoms. The van der Waals surface area contributed by atoms with Crippen molar-refractivity contribution in [2.24, 2.45) is 0 Å². The fourth-order valence-corrected chi connectivity index (χ4v) is 3.84. The Hall–Kier alpha value is -1.92. The number of hydrogen-bond acceptors (Lipinski definition) is 3. The molecule has 1 aliphatic carbocycles. The Balaban J connectivity index is 1.56. The number of hydrogen-bond donors (Lipinski definition) is 3. The molecule has 0 unspecified atom stereocenters. The molecule has 114 valence electrons. The summed E-state index contributed by atoms with van der Waals surface area (Å²) in [5, 5.41) is 5.32. The first-order valence-corrected chi connectivity index (χ1v) is 8.54. The van der Waals surface area contributed by atoms with Crippen molar-refractivity contribution in [2.75, 3.05) is 5.32 Å². The minimum atomic E-state index is -0.128. The van der Waals surface area contributed by atoms with Gasteiger partial charge in [0.2, 0.25) is 0 Å². The number of amides is 1. The van der Waals surface area contributed by atoms with E-state index in [1.807, 2.05) is 35.7 Å². The van der Waals surface area contributed by atoms with Gasteiger partial charge in [-0.25, -0.2) is 0 Å². The van der Waals surface area contributed by atoms with E-state index >= 15 is 0 Å². The molecule has 1 aromatic heterocycles. The van der Waals surface area contributed by atoms with E-state index in [0.29, 0.717) is 5.11 Å². The number of para-hydroxylation sites is 1. The Morgan fingerprint density at radius 2 is 1.86 bits per heavy atom. The quantitative estimate of drug-likeness (QED) is 0.584. The summed E-state index contributed by atoms with van der Waals surface area (Å²) >= 11 is 6.85. The minimum absolute atomic E-state index is 0.128. The molecule has 3 rings (SSSR count). The Kier molecular flexibility index (Phi) is 4.70. The highest BCUT2D eigenvalue weighted by Gasteiger charge is 2.19. The van der Waals surface area contributed by atoms with Crippen LogP contribution in [-0.4, -0.2) is 11.0 Å². The van der Waals surface area contributed by atoms with E-state index in [1.165, 1.54) is 16.9 Å². The van der Waals surface area contributed by atoms with Gasteiger partial charge in [-0.2, -0.15) is 0 Å². The van der Waals surface area contributed by atoms with Crippen LogP contribution in [0.2, 0.25) is 0 Å². The molecule has 0 saturated heterocycles. The lowest BCUT2D eigenvalue weighted by Gasteiger charge is -2.14. The van der Waals surface area contributed by atoms with E-state index < -0.39 is 0 Å². The standard InChI is InChI=1S/C16H17N3OS2/c20-15(13-10-22-14-9-5-4-8-12(13)14)18-19-16(21)17-11-6-2-1-3-7-11/h1-3,6-7,10H,4-5,8-9H2,(H,18,20)(H2,17,19,21). The predicted molar refractivity (Wildman–Crippen MR) is 94.2 cm³/mol. The third-order valence-corrected chi connectivity index (χ3v) is 4.92. The number of benzene rings is 1. The van der Waals surface area contributed by atoms with Gasteiger partial charge in [0.05, 0.1) is 5.56 Å². The average Bonchev–Trinajstić information content (AvgIpc) is 2.98. The molecule has 0 spiro atoms. The summed E-state index contributed by atoms with van der Waals surface area (Å²) in [4.78, 5) is 13.6. The van der Waals surface area contributed by atoms with Crippen molar-refractivity contribution in [2.45, 2.75) is 25.7 Å². The Bertz CT molecular complexity index is 682. The number of aryl methyl sites for hydroxylation is 1. The molecule has 0 radical (unpaired) electrons. The normalized spacial score (nSPS) is 13.1. The zero-order chi connectivity index (χ0) is 15.4. The summed E-state index contributed by atoms with van der Waals surface area (Å²) in [5.41, 5.74) is 8.28. The molecule has 3 N–H and O–H groups in total. The van der Waals surface area contributed by atoms with Crippen LogP contribution in [0.3, 0.4) is 0 Å². The number of anilines is 1. The Morgan fingerprint density at radius 1 is 1.09 bits per heavy atom. The number of carbonyl (C=O) groups is 1.